The number of aryl methyl sites for hydroxylation is 1. The first kappa shape index (κ1) is 21.5. The summed E-state index contributed by atoms with van der Waals surface area (Å²) in [6.07, 6.45) is 0.379. The van der Waals surface area contributed by atoms with E-state index in [0.717, 1.165) is 36.6 Å². The first-order valence-electron chi connectivity index (χ1n) is 10.4. The van der Waals surface area contributed by atoms with Gasteiger partial charge in [-0.25, -0.2) is 9.67 Å². The van der Waals surface area contributed by atoms with E-state index in [9.17, 15) is 4.79 Å². The highest BCUT2D eigenvalue weighted by atomic mass is 35.5. The van der Waals surface area contributed by atoms with Gasteiger partial charge in [0.2, 0.25) is 5.82 Å². The maximum atomic E-state index is 12.9. The highest BCUT2D eigenvalue weighted by Crippen LogP contribution is 2.21. The van der Waals surface area contributed by atoms with Crippen molar-refractivity contribution in [3.05, 3.63) is 70.8 Å². The van der Waals surface area contributed by atoms with E-state index in [0.29, 0.717) is 10.8 Å². The molecule has 4 rings (SSSR count). The molecule has 1 N–H and O–H groups in total. The quantitative estimate of drug-likeness (QED) is 0.648. The molecule has 162 valence electrons. The molecule has 0 aliphatic carbocycles. The van der Waals surface area contributed by atoms with Crippen LogP contribution in [0.5, 0.6) is 0 Å². The van der Waals surface area contributed by atoms with E-state index in [2.05, 4.69) is 34.1 Å². The van der Waals surface area contributed by atoms with Gasteiger partial charge in [0.15, 0.2) is 0 Å². The van der Waals surface area contributed by atoms with Crippen molar-refractivity contribution in [2.45, 2.75) is 39.5 Å². The lowest BCUT2D eigenvalue weighted by Gasteiger charge is -2.35. The van der Waals surface area contributed by atoms with Crippen molar-refractivity contribution in [3.8, 4) is 5.69 Å². The molecule has 2 aromatic carbocycles. The van der Waals surface area contributed by atoms with Crippen LogP contribution < -0.4 is 5.32 Å². The van der Waals surface area contributed by atoms with Crippen LogP contribution in [-0.2, 0) is 11.3 Å². The van der Waals surface area contributed by atoms with Crippen molar-refractivity contribution in [1.29, 1.82) is 0 Å². The van der Waals surface area contributed by atoms with Gasteiger partial charge < -0.3 is 10.1 Å². The van der Waals surface area contributed by atoms with E-state index in [-0.39, 0.29) is 23.9 Å². The van der Waals surface area contributed by atoms with Crippen LogP contribution in [0, 0.1) is 6.92 Å². The predicted molar refractivity (Wildman–Crippen MR) is 121 cm³/mol. The molecule has 0 bridgehead atoms. The van der Waals surface area contributed by atoms with Crippen LogP contribution in [0.3, 0.4) is 0 Å². The van der Waals surface area contributed by atoms with Crippen molar-refractivity contribution < 1.29 is 9.53 Å². The summed E-state index contributed by atoms with van der Waals surface area (Å²) in [5, 5.41) is 8.02. The number of nitrogens with zero attached hydrogens (tertiary/aromatic N) is 4. The fourth-order valence-corrected chi connectivity index (χ4v) is 4.05. The van der Waals surface area contributed by atoms with Gasteiger partial charge in [-0.15, -0.1) is 5.10 Å². The van der Waals surface area contributed by atoms with Gasteiger partial charge in [-0.05, 0) is 56.7 Å². The van der Waals surface area contributed by atoms with E-state index in [1.807, 2.05) is 43.3 Å². The lowest BCUT2D eigenvalue weighted by atomic mass is 10.1. The second kappa shape index (κ2) is 9.18. The number of hydrogen-bond donors (Lipinski definition) is 1. The van der Waals surface area contributed by atoms with Gasteiger partial charge in [-0.1, -0.05) is 29.8 Å². The minimum absolute atomic E-state index is 0.121. The van der Waals surface area contributed by atoms with E-state index < -0.39 is 0 Å². The van der Waals surface area contributed by atoms with Crippen LogP contribution in [-0.4, -0.2) is 50.9 Å². The summed E-state index contributed by atoms with van der Waals surface area (Å²) in [7, 11) is 0. The number of benzene rings is 2. The Morgan fingerprint density at radius 1 is 1.13 bits per heavy atom. The minimum Gasteiger partial charge on any atom is -0.373 e. The monoisotopic (exact) mass is 439 g/mol. The number of rotatable bonds is 5. The molecule has 31 heavy (non-hydrogen) atoms. The summed E-state index contributed by atoms with van der Waals surface area (Å²) in [6, 6.07) is 15.1. The zero-order chi connectivity index (χ0) is 22.0. The SMILES string of the molecule is Cc1nc(C(=O)Nc2ccccc2CN2CC(C)OC(C)C2)nn1-c1ccc(Cl)cc1. The molecule has 0 spiro atoms. The molecule has 1 aliphatic rings. The molecule has 2 atom stereocenters. The van der Waals surface area contributed by atoms with Gasteiger partial charge in [-0.2, -0.15) is 0 Å². The Labute approximate surface area is 187 Å². The van der Waals surface area contributed by atoms with Gasteiger partial charge >= 0.3 is 0 Å². The number of carbonyl (C=O) groups is 1. The molecule has 1 fully saturated rings. The molecule has 7 nitrogen and oxygen atoms in total. The van der Waals surface area contributed by atoms with Crippen LogP contribution in [0.25, 0.3) is 5.69 Å². The minimum atomic E-state index is -0.341. The Kier molecular flexibility index (Phi) is 6.36. The fourth-order valence-electron chi connectivity index (χ4n) is 3.93. The first-order valence-corrected chi connectivity index (χ1v) is 10.7. The molecule has 1 aromatic heterocycles. The summed E-state index contributed by atoms with van der Waals surface area (Å²) in [6.45, 7) is 8.44. The largest absolute Gasteiger partial charge is 0.373 e. The topological polar surface area (TPSA) is 72.3 Å². The van der Waals surface area contributed by atoms with Gasteiger partial charge in [0.1, 0.15) is 5.82 Å². The predicted octanol–water partition coefficient (Wildman–Crippen LogP) is 4.09. The third-order valence-electron chi connectivity index (χ3n) is 5.20. The third kappa shape index (κ3) is 5.12. The van der Waals surface area contributed by atoms with Gasteiger partial charge in [0.05, 0.1) is 17.9 Å². The summed E-state index contributed by atoms with van der Waals surface area (Å²) in [4.78, 5) is 19.6. The third-order valence-corrected chi connectivity index (χ3v) is 5.45. The summed E-state index contributed by atoms with van der Waals surface area (Å²) in [5.41, 5.74) is 2.61. The number of para-hydroxylation sites is 1. The zero-order valence-corrected chi connectivity index (χ0v) is 18.6. The number of carbonyl (C=O) groups excluding carboxylic acids is 1. The molecule has 2 heterocycles. The Morgan fingerprint density at radius 3 is 2.52 bits per heavy atom. The molecule has 3 aromatic rings. The van der Waals surface area contributed by atoms with Crippen LogP contribution >= 0.6 is 11.6 Å². The number of halogens is 1. The summed E-state index contributed by atoms with van der Waals surface area (Å²) in [5.74, 6) is 0.403. The smallest absolute Gasteiger partial charge is 0.295 e. The Bertz CT molecular complexity index is 1060. The maximum absolute atomic E-state index is 12.9. The molecule has 1 aliphatic heterocycles. The number of ether oxygens (including phenoxy) is 1. The maximum Gasteiger partial charge on any atom is 0.295 e. The Morgan fingerprint density at radius 2 is 1.81 bits per heavy atom. The van der Waals surface area contributed by atoms with E-state index in [1.54, 1.807) is 16.8 Å². The van der Waals surface area contributed by atoms with Crippen molar-refractivity contribution in [1.82, 2.24) is 19.7 Å². The van der Waals surface area contributed by atoms with E-state index in [1.165, 1.54) is 0 Å². The number of amides is 1. The van der Waals surface area contributed by atoms with Crippen LogP contribution in [0.1, 0.15) is 35.9 Å². The van der Waals surface area contributed by atoms with Gasteiger partial charge in [0, 0.05) is 30.3 Å². The van der Waals surface area contributed by atoms with Gasteiger partial charge in [-0.3, -0.25) is 9.69 Å². The lowest BCUT2D eigenvalue weighted by molar-refractivity contribution is -0.0704. The zero-order valence-electron chi connectivity index (χ0n) is 17.9. The number of anilines is 1. The molecule has 0 radical (unpaired) electrons. The normalized spacial score (nSPS) is 19.4. The van der Waals surface area contributed by atoms with Gasteiger partial charge in [0.25, 0.3) is 5.91 Å². The van der Waals surface area contributed by atoms with Crippen molar-refractivity contribution in [2.75, 3.05) is 18.4 Å². The van der Waals surface area contributed by atoms with Crippen molar-refractivity contribution in [3.63, 3.8) is 0 Å². The highest BCUT2D eigenvalue weighted by Gasteiger charge is 2.23. The fraction of sp³-hybridized carbons (Fsp3) is 0.348. The van der Waals surface area contributed by atoms with Crippen LogP contribution in [0.2, 0.25) is 5.02 Å². The molecule has 1 amide bonds. The first-order chi connectivity index (χ1) is 14.9. The second-order valence-corrected chi connectivity index (χ2v) is 8.37. The second-order valence-electron chi connectivity index (χ2n) is 7.93. The molecular formula is C23H26ClN5O2. The number of aromatic nitrogens is 3. The van der Waals surface area contributed by atoms with E-state index in [4.69, 9.17) is 16.3 Å². The summed E-state index contributed by atoms with van der Waals surface area (Å²) >= 11 is 5.97. The molecule has 0 saturated carbocycles. The molecule has 1 saturated heterocycles. The molecular weight excluding hydrogens is 414 g/mol. The average Bonchev–Trinajstić information content (AvgIpc) is 3.11. The Hall–Kier alpha value is -2.74. The number of hydrogen-bond acceptors (Lipinski definition) is 5. The highest BCUT2D eigenvalue weighted by molar-refractivity contribution is 6.30. The number of nitrogens with one attached hydrogen (secondary N) is 1. The molecule has 2 unspecified atom stereocenters. The van der Waals surface area contributed by atoms with Crippen LogP contribution in [0.15, 0.2) is 48.5 Å². The summed E-state index contributed by atoms with van der Waals surface area (Å²) < 4.78 is 7.46. The van der Waals surface area contributed by atoms with Crippen LogP contribution in [0.4, 0.5) is 5.69 Å². The number of morpholine rings is 1. The van der Waals surface area contributed by atoms with Crippen molar-refractivity contribution >= 4 is 23.2 Å². The lowest BCUT2D eigenvalue weighted by Crippen LogP contribution is -2.44. The Balaban J connectivity index is 1.50. The standard InChI is InChI=1S/C23H26ClN5O2/c1-15-12-28(13-16(2)31-15)14-18-6-4-5-7-21(18)26-23(30)22-25-17(3)29(27-22)20-10-8-19(24)9-11-20/h4-11,15-16H,12-14H2,1-3H3,(H,26,30). The molecule has 8 heteroatoms. The average molecular weight is 440 g/mol. The van der Waals surface area contributed by atoms with Crippen molar-refractivity contribution in [2.24, 2.45) is 0 Å². The van der Waals surface area contributed by atoms with E-state index >= 15 is 0 Å².